The number of ether oxygens (including phenoxy) is 1. The Balaban J connectivity index is 1.42. The second-order valence-electron chi connectivity index (χ2n) is 8.52. The maximum atomic E-state index is 13.0. The molecule has 2 heterocycles. The number of hydrogen-bond donors (Lipinski definition) is 2. The molecule has 2 aromatic carbocycles. The highest BCUT2D eigenvalue weighted by Gasteiger charge is 2.29. The van der Waals surface area contributed by atoms with Gasteiger partial charge in [0.1, 0.15) is 12.3 Å². The molecule has 1 saturated heterocycles. The fourth-order valence-electron chi connectivity index (χ4n) is 4.27. The van der Waals surface area contributed by atoms with Gasteiger partial charge in [0, 0.05) is 41.3 Å². The quantitative estimate of drug-likeness (QED) is 0.286. The summed E-state index contributed by atoms with van der Waals surface area (Å²) in [4.78, 5) is 39.1. The number of aromatic hydroxyl groups is 1. The molecule has 1 atom stereocenters. The first-order valence-electron chi connectivity index (χ1n) is 11.7. The Morgan fingerprint density at radius 3 is 2.86 bits per heavy atom. The summed E-state index contributed by atoms with van der Waals surface area (Å²) in [5.41, 5.74) is 4.33. The number of carbonyl (C=O) groups is 3. The molecule has 36 heavy (non-hydrogen) atoms. The molecule has 2 amide bonds. The summed E-state index contributed by atoms with van der Waals surface area (Å²) in [6, 6.07) is 11.7. The Kier molecular flexibility index (Phi) is 7.90. The van der Waals surface area contributed by atoms with Gasteiger partial charge in [0.15, 0.2) is 0 Å². The number of phenolic OH excluding ortho intramolecular Hbond substituents is 1. The molecule has 0 aliphatic carbocycles. The average molecular weight is 511 g/mol. The van der Waals surface area contributed by atoms with Crippen LogP contribution in [0.2, 0.25) is 5.02 Å². The number of fused-ring (bicyclic) bond motifs is 1. The number of nitrogens with zero attached hydrogens (tertiary/aromatic N) is 3. The van der Waals surface area contributed by atoms with Crippen LogP contribution in [-0.4, -0.2) is 58.3 Å². The maximum absolute atomic E-state index is 13.0. The zero-order valence-corrected chi connectivity index (χ0v) is 20.6. The largest absolute Gasteiger partial charge is 0.506 e. The average Bonchev–Trinajstić information content (AvgIpc) is 3.29. The van der Waals surface area contributed by atoms with Crippen LogP contribution < -0.4 is 5.43 Å². The van der Waals surface area contributed by atoms with Crippen LogP contribution in [0.25, 0.3) is 10.9 Å². The molecular weight excluding hydrogens is 484 g/mol. The number of esters is 1. The molecule has 0 bridgehead atoms. The number of hydrazone groups is 1. The number of likely N-dealkylation sites (tertiary alicyclic amines) is 1. The van der Waals surface area contributed by atoms with Gasteiger partial charge in [-0.3, -0.25) is 14.4 Å². The summed E-state index contributed by atoms with van der Waals surface area (Å²) in [7, 11) is 0. The topological polar surface area (TPSA) is 113 Å². The van der Waals surface area contributed by atoms with Crippen molar-refractivity contribution in [2.75, 3.05) is 19.7 Å². The van der Waals surface area contributed by atoms with Crippen molar-refractivity contribution in [3.8, 4) is 5.75 Å². The van der Waals surface area contributed by atoms with Crippen molar-refractivity contribution in [1.29, 1.82) is 0 Å². The van der Waals surface area contributed by atoms with Crippen molar-refractivity contribution >= 4 is 46.5 Å². The second kappa shape index (κ2) is 11.3. The third-order valence-electron chi connectivity index (χ3n) is 6.13. The molecule has 0 spiro atoms. The third-order valence-corrected chi connectivity index (χ3v) is 6.43. The molecule has 188 valence electrons. The van der Waals surface area contributed by atoms with Crippen LogP contribution in [0.15, 0.2) is 53.8 Å². The Morgan fingerprint density at radius 1 is 1.25 bits per heavy atom. The summed E-state index contributed by atoms with van der Waals surface area (Å²) in [6.45, 7) is 3.26. The number of piperidine rings is 1. The van der Waals surface area contributed by atoms with Crippen LogP contribution >= 0.6 is 11.6 Å². The van der Waals surface area contributed by atoms with Crippen molar-refractivity contribution in [3.63, 3.8) is 0 Å². The van der Waals surface area contributed by atoms with Crippen molar-refractivity contribution in [2.45, 2.75) is 26.3 Å². The highest BCUT2D eigenvalue weighted by atomic mass is 35.5. The van der Waals surface area contributed by atoms with E-state index < -0.39 is 5.91 Å². The smallest absolute Gasteiger partial charge is 0.310 e. The summed E-state index contributed by atoms with van der Waals surface area (Å²) in [5.74, 6) is -1.15. The molecule has 2 N–H and O–H groups in total. The van der Waals surface area contributed by atoms with Crippen molar-refractivity contribution in [3.05, 3.63) is 64.8 Å². The summed E-state index contributed by atoms with van der Waals surface area (Å²) < 4.78 is 6.99. The number of rotatable bonds is 7. The van der Waals surface area contributed by atoms with Crippen molar-refractivity contribution in [1.82, 2.24) is 14.9 Å². The fraction of sp³-hybridized carbons (Fsp3) is 0.308. The zero-order chi connectivity index (χ0) is 25.7. The summed E-state index contributed by atoms with van der Waals surface area (Å²) >= 11 is 5.86. The van der Waals surface area contributed by atoms with Gasteiger partial charge in [-0.15, -0.1) is 0 Å². The minimum atomic E-state index is -0.467. The van der Waals surface area contributed by atoms with E-state index in [1.54, 1.807) is 11.8 Å². The molecule has 1 fully saturated rings. The highest BCUT2D eigenvalue weighted by Crippen LogP contribution is 2.24. The lowest BCUT2D eigenvalue weighted by molar-refractivity contribution is -0.151. The number of aromatic nitrogens is 1. The van der Waals surface area contributed by atoms with Crippen molar-refractivity contribution in [2.24, 2.45) is 11.0 Å². The first-order chi connectivity index (χ1) is 17.4. The van der Waals surface area contributed by atoms with E-state index in [0.717, 1.165) is 29.3 Å². The Hall–Kier alpha value is -3.85. The number of hydrogen-bond acceptors (Lipinski definition) is 6. The Morgan fingerprint density at radius 2 is 2.08 bits per heavy atom. The monoisotopic (exact) mass is 510 g/mol. The van der Waals surface area contributed by atoms with Gasteiger partial charge in [0.05, 0.1) is 23.8 Å². The molecule has 0 saturated carbocycles. The predicted octanol–water partition coefficient (Wildman–Crippen LogP) is 3.57. The lowest BCUT2D eigenvalue weighted by Crippen LogP contribution is -2.44. The second-order valence-corrected chi connectivity index (χ2v) is 8.93. The standard InChI is InChI=1S/C26H27ClN4O5/c1-2-36-26(35)19-6-4-11-31(15-19)24(33)16-30-12-10-20-18(5-3-7-22(20)30)14-28-29-25(34)17-8-9-23(32)21(27)13-17/h3,5,7-10,12-14,19,32H,2,4,6,11,15-16H2,1H3,(H,29,34)/b28-14+. The van der Waals surface area contributed by atoms with Crippen LogP contribution in [0.3, 0.4) is 0 Å². The highest BCUT2D eigenvalue weighted by molar-refractivity contribution is 6.32. The van der Waals surface area contributed by atoms with E-state index in [-0.39, 0.29) is 40.7 Å². The summed E-state index contributed by atoms with van der Waals surface area (Å²) in [5, 5.41) is 14.5. The summed E-state index contributed by atoms with van der Waals surface area (Å²) in [6.07, 6.45) is 4.87. The van der Waals surface area contributed by atoms with Crippen LogP contribution in [-0.2, 0) is 20.9 Å². The molecule has 0 radical (unpaired) electrons. The SMILES string of the molecule is CCOC(=O)C1CCCN(C(=O)Cn2ccc3c(/C=N/NC(=O)c4ccc(O)c(Cl)c4)cccc32)C1. The van der Waals surface area contributed by atoms with Gasteiger partial charge in [-0.1, -0.05) is 23.7 Å². The third kappa shape index (κ3) is 5.68. The molecule has 10 heteroatoms. The van der Waals surface area contributed by atoms with E-state index in [0.29, 0.717) is 19.7 Å². The van der Waals surface area contributed by atoms with Gasteiger partial charge < -0.3 is 19.3 Å². The number of nitrogens with one attached hydrogen (secondary N) is 1. The minimum absolute atomic E-state index is 0.0552. The van der Waals surface area contributed by atoms with Crippen LogP contribution in [0.4, 0.5) is 0 Å². The molecule has 9 nitrogen and oxygen atoms in total. The van der Waals surface area contributed by atoms with E-state index in [2.05, 4.69) is 10.5 Å². The predicted molar refractivity (Wildman–Crippen MR) is 136 cm³/mol. The first-order valence-corrected chi connectivity index (χ1v) is 12.1. The van der Waals surface area contributed by atoms with Gasteiger partial charge in [0.2, 0.25) is 5.91 Å². The van der Waals surface area contributed by atoms with Gasteiger partial charge in [-0.2, -0.15) is 5.10 Å². The minimum Gasteiger partial charge on any atom is -0.506 e. The number of phenols is 1. The van der Waals surface area contributed by atoms with Gasteiger partial charge in [0.25, 0.3) is 5.91 Å². The van der Waals surface area contributed by atoms with E-state index in [4.69, 9.17) is 16.3 Å². The molecule has 3 aromatic rings. The molecule has 1 aromatic heterocycles. The number of halogens is 1. The molecule has 1 aliphatic heterocycles. The molecular formula is C26H27ClN4O5. The van der Waals surface area contributed by atoms with E-state index in [9.17, 15) is 19.5 Å². The normalized spacial score (nSPS) is 15.8. The van der Waals surface area contributed by atoms with E-state index >= 15 is 0 Å². The molecule has 1 unspecified atom stereocenters. The van der Waals surface area contributed by atoms with Gasteiger partial charge in [-0.25, -0.2) is 5.43 Å². The van der Waals surface area contributed by atoms with E-state index in [1.165, 1.54) is 24.4 Å². The maximum Gasteiger partial charge on any atom is 0.310 e. The van der Waals surface area contributed by atoms with Gasteiger partial charge >= 0.3 is 5.97 Å². The number of carbonyl (C=O) groups excluding carboxylic acids is 3. The van der Waals surface area contributed by atoms with Crippen LogP contribution in [0.1, 0.15) is 35.7 Å². The van der Waals surface area contributed by atoms with Crippen LogP contribution in [0.5, 0.6) is 5.75 Å². The molecule has 4 rings (SSSR count). The fourth-order valence-corrected chi connectivity index (χ4v) is 4.45. The first kappa shape index (κ1) is 25.2. The number of amides is 2. The van der Waals surface area contributed by atoms with Crippen LogP contribution in [0, 0.1) is 5.92 Å². The number of benzene rings is 2. The van der Waals surface area contributed by atoms with Crippen molar-refractivity contribution < 1.29 is 24.2 Å². The molecule has 1 aliphatic rings. The zero-order valence-electron chi connectivity index (χ0n) is 19.8. The van der Waals surface area contributed by atoms with Gasteiger partial charge in [-0.05, 0) is 50.1 Å². The Labute approximate surface area is 213 Å². The Bertz CT molecular complexity index is 1320. The van der Waals surface area contributed by atoms with E-state index in [1.807, 2.05) is 35.0 Å². The lowest BCUT2D eigenvalue weighted by atomic mass is 9.98. The lowest BCUT2D eigenvalue weighted by Gasteiger charge is -2.31.